The Morgan fingerprint density at radius 1 is 1.04 bits per heavy atom. The molecule has 2 aromatic carbocycles. The normalized spacial score (nSPS) is 15.4. The summed E-state index contributed by atoms with van der Waals surface area (Å²) >= 11 is 0. The van der Waals surface area contributed by atoms with Crippen molar-refractivity contribution in [2.24, 2.45) is 0 Å². The molecule has 1 fully saturated rings. The van der Waals surface area contributed by atoms with Gasteiger partial charge in [-0.15, -0.1) is 0 Å². The van der Waals surface area contributed by atoms with Crippen LogP contribution in [0, 0.1) is 5.82 Å². The third kappa shape index (κ3) is 3.74. The van der Waals surface area contributed by atoms with E-state index in [1.807, 2.05) is 0 Å². The number of carbonyl (C=O) groups excluding carboxylic acids is 2. The van der Waals surface area contributed by atoms with E-state index < -0.39 is 11.9 Å². The lowest BCUT2D eigenvalue weighted by Crippen LogP contribution is -2.22. The Hall–Kier alpha value is -3.15. The summed E-state index contributed by atoms with van der Waals surface area (Å²) in [7, 11) is 0. The van der Waals surface area contributed by atoms with Crippen molar-refractivity contribution in [1.29, 1.82) is 0 Å². The van der Waals surface area contributed by atoms with E-state index in [1.54, 1.807) is 42.5 Å². The lowest BCUT2D eigenvalue weighted by Gasteiger charge is -2.06. The fourth-order valence-corrected chi connectivity index (χ4v) is 2.10. The summed E-state index contributed by atoms with van der Waals surface area (Å²) < 4.78 is 18.6. The number of rotatable bonds is 4. The molecule has 116 valence electrons. The lowest BCUT2D eigenvalue weighted by molar-refractivity contribution is -0.115. The molecule has 1 saturated heterocycles. The smallest absolute Gasteiger partial charge is 0.326 e. The van der Waals surface area contributed by atoms with Crippen LogP contribution in [0.15, 0.2) is 54.2 Å². The molecule has 0 aromatic heterocycles. The quantitative estimate of drug-likeness (QED) is 0.673. The lowest BCUT2D eigenvalue weighted by atomic mass is 10.2. The summed E-state index contributed by atoms with van der Waals surface area (Å²) in [5, 5.41) is 4.54. The predicted octanol–water partition coefficient (Wildman–Crippen LogP) is 2.58. The number of nitrogens with one attached hydrogen (secondary N) is 2. The molecule has 0 radical (unpaired) electrons. The molecule has 1 aliphatic rings. The molecule has 3 amide bonds. The van der Waals surface area contributed by atoms with Crippen molar-refractivity contribution in [3.8, 4) is 5.75 Å². The Bertz CT molecular complexity index is 785. The number of urea groups is 1. The molecular weight excluding hydrogens is 299 g/mol. The third-order valence-corrected chi connectivity index (χ3v) is 3.21. The highest BCUT2D eigenvalue weighted by molar-refractivity contribution is 6.13. The monoisotopic (exact) mass is 312 g/mol. The molecule has 1 heterocycles. The molecule has 1 aliphatic heterocycles. The standard InChI is InChI=1S/C17H13FN2O3/c18-13-3-1-2-12(8-13)10-23-14-6-4-11(5-7-14)9-15-16(21)20-17(22)19-15/h1-9H,10H2,(H2,19,20,21,22)/b15-9+. The number of ether oxygens (including phenoxy) is 1. The van der Waals surface area contributed by atoms with Crippen molar-refractivity contribution in [2.75, 3.05) is 0 Å². The molecule has 0 bridgehead atoms. The average Bonchev–Trinajstić information content (AvgIpc) is 2.84. The van der Waals surface area contributed by atoms with Gasteiger partial charge >= 0.3 is 6.03 Å². The van der Waals surface area contributed by atoms with Crippen molar-refractivity contribution in [1.82, 2.24) is 10.6 Å². The maximum absolute atomic E-state index is 13.1. The van der Waals surface area contributed by atoms with E-state index in [4.69, 9.17) is 4.74 Å². The van der Waals surface area contributed by atoms with Crippen LogP contribution >= 0.6 is 0 Å². The molecular formula is C17H13FN2O3. The second-order valence-corrected chi connectivity index (χ2v) is 4.95. The Labute approximate surface area is 131 Å². The molecule has 2 aromatic rings. The summed E-state index contributed by atoms with van der Waals surface area (Å²) in [5.74, 6) is -0.136. The number of hydrogen-bond donors (Lipinski definition) is 2. The molecule has 3 rings (SSSR count). The fourth-order valence-electron chi connectivity index (χ4n) is 2.10. The highest BCUT2D eigenvalue weighted by atomic mass is 19.1. The first-order chi connectivity index (χ1) is 11.1. The van der Waals surface area contributed by atoms with E-state index in [0.717, 1.165) is 11.1 Å². The van der Waals surface area contributed by atoms with Gasteiger partial charge in [0.25, 0.3) is 5.91 Å². The van der Waals surface area contributed by atoms with Crippen LogP contribution in [0.4, 0.5) is 9.18 Å². The molecule has 23 heavy (non-hydrogen) atoms. The zero-order valence-electron chi connectivity index (χ0n) is 12.0. The van der Waals surface area contributed by atoms with E-state index in [1.165, 1.54) is 12.1 Å². The molecule has 0 atom stereocenters. The number of halogens is 1. The van der Waals surface area contributed by atoms with Gasteiger partial charge in [0, 0.05) is 0 Å². The van der Waals surface area contributed by atoms with Gasteiger partial charge in [-0.25, -0.2) is 9.18 Å². The van der Waals surface area contributed by atoms with Gasteiger partial charge in [0.15, 0.2) is 0 Å². The van der Waals surface area contributed by atoms with Crippen LogP contribution in [0.1, 0.15) is 11.1 Å². The van der Waals surface area contributed by atoms with Gasteiger partial charge in [-0.05, 0) is 41.5 Å². The van der Waals surface area contributed by atoms with E-state index in [9.17, 15) is 14.0 Å². The van der Waals surface area contributed by atoms with Gasteiger partial charge in [0.05, 0.1) is 0 Å². The van der Waals surface area contributed by atoms with Gasteiger partial charge in [-0.2, -0.15) is 0 Å². The van der Waals surface area contributed by atoms with Crippen LogP contribution in [0.25, 0.3) is 6.08 Å². The van der Waals surface area contributed by atoms with E-state index in [2.05, 4.69) is 10.6 Å². The van der Waals surface area contributed by atoms with Gasteiger partial charge in [0.2, 0.25) is 0 Å². The molecule has 0 saturated carbocycles. The second-order valence-electron chi connectivity index (χ2n) is 4.95. The van der Waals surface area contributed by atoms with E-state index >= 15 is 0 Å². The minimum atomic E-state index is -0.531. The number of imide groups is 1. The fraction of sp³-hybridized carbons (Fsp3) is 0.0588. The van der Waals surface area contributed by atoms with Crippen LogP contribution in [0.2, 0.25) is 0 Å². The summed E-state index contributed by atoms with van der Waals surface area (Å²) in [6.45, 7) is 0.261. The summed E-state index contributed by atoms with van der Waals surface area (Å²) in [4.78, 5) is 22.4. The van der Waals surface area contributed by atoms with Crippen LogP contribution in [-0.4, -0.2) is 11.9 Å². The Balaban J connectivity index is 1.64. The topological polar surface area (TPSA) is 67.4 Å². The van der Waals surface area contributed by atoms with Crippen molar-refractivity contribution in [3.05, 3.63) is 71.2 Å². The minimum Gasteiger partial charge on any atom is -0.489 e. The van der Waals surface area contributed by atoms with Crippen LogP contribution in [0.5, 0.6) is 5.75 Å². The molecule has 2 N–H and O–H groups in total. The number of carbonyl (C=O) groups is 2. The molecule has 0 unspecified atom stereocenters. The molecule has 5 nitrogen and oxygen atoms in total. The minimum absolute atomic E-state index is 0.198. The first kappa shape index (κ1) is 14.8. The summed E-state index contributed by atoms with van der Waals surface area (Å²) in [6, 6.07) is 12.7. The number of hydrogen-bond acceptors (Lipinski definition) is 3. The molecule has 0 aliphatic carbocycles. The Kier molecular flexibility index (Phi) is 4.05. The predicted molar refractivity (Wildman–Crippen MR) is 81.8 cm³/mol. The zero-order valence-corrected chi connectivity index (χ0v) is 12.0. The molecule has 0 spiro atoms. The largest absolute Gasteiger partial charge is 0.489 e. The second kappa shape index (κ2) is 6.31. The maximum Gasteiger partial charge on any atom is 0.326 e. The SMILES string of the molecule is O=C1NC(=O)/C(=C\c2ccc(OCc3cccc(F)c3)cc2)N1. The van der Waals surface area contributed by atoms with Crippen molar-refractivity contribution < 1.29 is 18.7 Å². The number of amides is 3. The highest BCUT2D eigenvalue weighted by Crippen LogP contribution is 2.16. The summed E-state index contributed by atoms with van der Waals surface area (Å²) in [6.07, 6.45) is 1.57. The van der Waals surface area contributed by atoms with Gasteiger partial charge in [-0.1, -0.05) is 24.3 Å². The number of benzene rings is 2. The van der Waals surface area contributed by atoms with Crippen LogP contribution in [0.3, 0.4) is 0 Å². The summed E-state index contributed by atoms with van der Waals surface area (Å²) in [5.41, 5.74) is 1.68. The van der Waals surface area contributed by atoms with Crippen LogP contribution < -0.4 is 15.4 Å². The van der Waals surface area contributed by atoms with E-state index in [0.29, 0.717) is 5.75 Å². The van der Waals surface area contributed by atoms with Crippen molar-refractivity contribution in [3.63, 3.8) is 0 Å². The third-order valence-electron chi connectivity index (χ3n) is 3.21. The average molecular weight is 312 g/mol. The van der Waals surface area contributed by atoms with Crippen molar-refractivity contribution in [2.45, 2.75) is 6.61 Å². The van der Waals surface area contributed by atoms with Crippen molar-refractivity contribution >= 4 is 18.0 Å². The zero-order chi connectivity index (χ0) is 16.2. The van der Waals surface area contributed by atoms with Gasteiger partial charge in [0.1, 0.15) is 23.9 Å². The van der Waals surface area contributed by atoms with Crippen LogP contribution in [-0.2, 0) is 11.4 Å². The van der Waals surface area contributed by atoms with E-state index in [-0.39, 0.29) is 18.1 Å². The first-order valence-corrected chi connectivity index (χ1v) is 6.91. The maximum atomic E-state index is 13.1. The first-order valence-electron chi connectivity index (χ1n) is 6.91. The van der Waals surface area contributed by atoms with Gasteiger partial charge < -0.3 is 10.1 Å². The Morgan fingerprint density at radius 2 is 1.83 bits per heavy atom. The highest BCUT2D eigenvalue weighted by Gasteiger charge is 2.22. The molecule has 6 heteroatoms. The Morgan fingerprint density at radius 3 is 2.48 bits per heavy atom. The van der Waals surface area contributed by atoms with Gasteiger partial charge in [-0.3, -0.25) is 10.1 Å².